The molecule has 7 heteroatoms. The Balaban J connectivity index is 1.94. The van der Waals surface area contributed by atoms with Crippen molar-refractivity contribution in [3.05, 3.63) is 58.9 Å². The molecule has 0 spiro atoms. The molecule has 3 amide bonds. The molecule has 6 nitrogen and oxygen atoms in total. The van der Waals surface area contributed by atoms with E-state index < -0.39 is 0 Å². The first-order chi connectivity index (χ1) is 10.6. The minimum atomic E-state index is -0.368. The number of urea groups is 1. The van der Waals surface area contributed by atoms with Crippen molar-refractivity contribution < 1.29 is 9.59 Å². The van der Waals surface area contributed by atoms with Gasteiger partial charge in [0.05, 0.1) is 10.6 Å². The van der Waals surface area contributed by atoms with Crippen LogP contribution in [0.5, 0.6) is 0 Å². The van der Waals surface area contributed by atoms with Crippen LogP contribution in [0.4, 0.5) is 10.5 Å². The van der Waals surface area contributed by atoms with Crippen LogP contribution in [0.2, 0.25) is 5.02 Å². The van der Waals surface area contributed by atoms with Gasteiger partial charge in [-0.1, -0.05) is 17.7 Å². The molecule has 1 heterocycles. The molecule has 3 N–H and O–H groups in total. The van der Waals surface area contributed by atoms with Crippen LogP contribution in [0.25, 0.3) is 0 Å². The molecule has 0 fully saturated rings. The SMILES string of the molecule is CNC(=O)c1ccc(NC(=O)NCc2cccnc2)cc1Cl. The number of carbonyl (C=O) groups excluding carboxylic acids is 2. The third-order valence-corrected chi connectivity index (χ3v) is 3.19. The molecule has 0 saturated heterocycles. The number of pyridine rings is 1. The highest BCUT2D eigenvalue weighted by Gasteiger charge is 2.10. The van der Waals surface area contributed by atoms with Crippen LogP contribution in [-0.4, -0.2) is 24.0 Å². The van der Waals surface area contributed by atoms with Crippen molar-refractivity contribution in [2.24, 2.45) is 0 Å². The fraction of sp³-hybridized carbons (Fsp3) is 0.133. The predicted octanol–water partition coefficient (Wildman–Crippen LogP) is 2.42. The molecule has 0 atom stereocenters. The van der Waals surface area contributed by atoms with Gasteiger partial charge in [-0.2, -0.15) is 0 Å². The van der Waals surface area contributed by atoms with Gasteiger partial charge in [-0.15, -0.1) is 0 Å². The second-order valence-corrected chi connectivity index (χ2v) is 4.85. The molecule has 1 aromatic carbocycles. The molecule has 0 radical (unpaired) electrons. The second kappa shape index (κ2) is 7.42. The molecule has 114 valence electrons. The minimum absolute atomic E-state index is 0.268. The number of hydrogen-bond donors (Lipinski definition) is 3. The van der Waals surface area contributed by atoms with Gasteiger partial charge in [0.15, 0.2) is 0 Å². The molecule has 0 saturated carbocycles. The lowest BCUT2D eigenvalue weighted by Crippen LogP contribution is -2.28. The Morgan fingerprint density at radius 1 is 1.27 bits per heavy atom. The van der Waals surface area contributed by atoms with Crippen molar-refractivity contribution in [1.82, 2.24) is 15.6 Å². The molecule has 0 bridgehead atoms. The molecule has 0 unspecified atom stereocenters. The van der Waals surface area contributed by atoms with Crippen molar-refractivity contribution in [2.75, 3.05) is 12.4 Å². The smallest absolute Gasteiger partial charge is 0.319 e. The van der Waals surface area contributed by atoms with Gasteiger partial charge in [0.25, 0.3) is 5.91 Å². The predicted molar refractivity (Wildman–Crippen MR) is 84.9 cm³/mol. The van der Waals surface area contributed by atoms with Gasteiger partial charge in [0.2, 0.25) is 0 Å². The minimum Gasteiger partial charge on any atom is -0.355 e. The molecule has 2 aromatic rings. The first kappa shape index (κ1) is 15.8. The third-order valence-electron chi connectivity index (χ3n) is 2.87. The van der Waals surface area contributed by atoms with E-state index in [2.05, 4.69) is 20.9 Å². The molecular formula is C15H15ClN4O2. The van der Waals surface area contributed by atoms with Crippen LogP contribution in [0, 0.1) is 0 Å². The van der Waals surface area contributed by atoms with E-state index >= 15 is 0 Å². The zero-order valence-corrected chi connectivity index (χ0v) is 12.6. The summed E-state index contributed by atoms with van der Waals surface area (Å²) in [6.07, 6.45) is 3.34. The average molecular weight is 319 g/mol. The van der Waals surface area contributed by atoms with Gasteiger partial charge in [0.1, 0.15) is 0 Å². The molecule has 1 aromatic heterocycles. The monoisotopic (exact) mass is 318 g/mol. The number of nitrogens with zero attached hydrogens (tertiary/aromatic N) is 1. The second-order valence-electron chi connectivity index (χ2n) is 4.44. The van der Waals surface area contributed by atoms with Crippen LogP contribution in [0.1, 0.15) is 15.9 Å². The first-order valence-corrected chi connectivity index (χ1v) is 6.93. The van der Waals surface area contributed by atoms with Crippen LogP contribution in [0.15, 0.2) is 42.7 Å². The van der Waals surface area contributed by atoms with Gasteiger partial charge in [0, 0.05) is 31.7 Å². The lowest BCUT2D eigenvalue weighted by Gasteiger charge is -2.09. The van der Waals surface area contributed by atoms with Gasteiger partial charge in [-0.25, -0.2) is 4.79 Å². The fourth-order valence-corrected chi connectivity index (χ4v) is 2.04. The molecule has 0 aliphatic heterocycles. The van der Waals surface area contributed by atoms with Crippen LogP contribution in [-0.2, 0) is 6.54 Å². The highest BCUT2D eigenvalue weighted by Crippen LogP contribution is 2.20. The van der Waals surface area contributed by atoms with E-state index in [0.29, 0.717) is 17.8 Å². The zero-order chi connectivity index (χ0) is 15.9. The number of amides is 3. The summed E-state index contributed by atoms with van der Waals surface area (Å²) in [4.78, 5) is 27.3. The number of hydrogen-bond acceptors (Lipinski definition) is 3. The third kappa shape index (κ3) is 4.20. The Bertz CT molecular complexity index is 676. The molecule has 0 aliphatic carbocycles. The lowest BCUT2D eigenvalue weighted by atomic mass is 10.2. The molecule has 0 aliphatic rings. The van der Waals surface area contributed by atoms with Crippen molar-refractivity contribution in [3.8, 4) is 0 Å². The topological polar surface area (TPSA) is 83.1 Å². The Labute approximate surface area is 132 Å². The average Bonchev–Trinajstić information content (AvgIpc) is 2.53. The maximum absolute atomic E-state index is 11.8. The summed E-state index contributed by atoms with van der Waals surface area (Å²) in [5, 5.41) is 8.11. The Hall–Kier alpha value is -2.60. The van der Waals surface area contributed by atoms with Crippen LogP contribution >= 0.6 is 11.6 Å². The summed E-state index contributed by atoms with van der Waals surface area (Å²) in [6, 6.07) is 7.98. The fourth-order valence-electron chi connectivity index (χ4n) is 1.77. The van der Waals surface area contributed by atoms with E-state index in [0.717, 1.165) is 5.56 Å². The van der Waals surface area contributed by atoms with E-state index in [1.54, 1.807) is 30.6 Å². The summed E-state index contributed by atoms with van der Waals surface area (Å²) in [7, 11) is 1.52. The maximum Gasteiger partial charge on any atom is 0.319 e. The van der Waals surface area contributed by atoms with Crippen molar-refractivity contribution in [3.63, 3.8) is 0 Å². The molecule has 2 rings (SSSR count). The summed E-state index contributed by atoms with van der Waals surface area (Å²) in [5.41, 5.74) is 1.75. The normalized spacial score (nSPS) is 9.91. The van der Waals surface area contributed by atoms with E-state index in [1.165, 1.54) is 13.1 Å². The zero-order valence-electron chi connectivity index (χ0n) is 11.9. The highest BCUT2D eigenvalue weighted by molar-refractivity contribution is 6.34. The summed E-state index contributed by atoms with van der Waals surface area (Å²) < 4.78 is 0. The maximum atomic E-state index is 11.8. The van der Waals surface area contributed by atoms with Crippen molar-refractivity contribution in [1.29, 1.82) is 0 Å². The highest BCUT2D eigenvalue weighted by atomic mass is 35.5. The molecular weight excluding hydrogens is 304 g/mol. The van der Waals surface area contributed by atoms with Gasteiger partial charge in [-0.05, 0) is 29.8 Å². The Kier molecular flexibility index (Phi) is 5.32. The first-order valence-electron chi connectivity index (χ1n) is 6.55. The Morgan fingerprint density at radius 2 is 2.09 bits per heavy atom. The number of nitrogens with one attached hydrogen (secondary N) is 3. The number of carbonyl (C=O) groups is 2. The number of benzene rings is 1. The van der Waals surface area contributed by atoms with Crippen LogP contribution < -0.4 is 16.0 Å². The largest absolute Gasteiger partial charge is 0.355 e. The van der Waals surface area contributed by atoms with E-state index in [-0.39, 0.29) is 17.0 Å². The van der Waals surface area contributed by atoms with E-state index in [1.807, 2.05) is 6.07 Å². The summed E-state index contributed by atoms with van der Waals surface area (Å²) in [6.45, 7) is 0.365. The van der Waals surface area contributed by atoms with Crippen LogP contribution in [0.3, 0.4) is 0 Å². The molecule has 22 heavy (non-hydrogen) atoms. The van der Waals surface area contributed by atoms with Gasteiger partial charge in [-0.3, -0.25) is 9.78 Å². The van der Waals surface area contributed by atoms with Crippen molar-refractivity contribution >= 4 is 29.2 Å². The number of halogens is 1. The number of rotatable bonds is 4. The quantitative estimate of drug-likeness (QED) is 0.809. The standard InChI is InChI=1S/C15H15ClN4O2/c1-17-14(21)12-5-4-11(7-13(12)16)20-15(22)19-9-10-3-2-6-18-8-10/h2-8H,9H2,1H3,(H,17,21)(H2,19,20,22). The van der Waals surface area contributed by atoms with E-state index in [9.17, 15) is 9.59 Å². The summed E-state index contributed by atoms with van der Waals surface area (Å²) in [5.74, 6) is -0.280. The lowest BCUT2D eigenvalue weighted by molar-refractivity contribution is 0.0963. The van der Waals surface area contributed by atoms with Gasteiger partial charge < -0.3 is 16.0 Å². The van der Waals surface area contributed by atoms with Crippen molar-refractivity contribution in [2.45, 2.75) is 6.54 Å². The number of anilines is 1. The number of aromatic nitrogens is 1. The Morgan fingerprint density at radius 3 is 2.73 bits per heavy atom. The van der Waals surface area contributed by atoms with Gasteiger partial charge >= 0.3 is 6.03 Å². The summed E-state index contributed by atoms with van der Waals surface area (Å²) >= 11 is 6.02. The van der Waals surface area contributed by atoms with E-state index in [4.69, 9.17) is 11.6 Å².